The third-order valence-corrected chi connectivity index (χ3v) is 4.54. The first kappa shape index (κ1) is 18.2. The highest BCUT2D eigenvalue weighted by molar-refractivity contribution is 7.85. The van der Waals surface area contributed by atoms with E-state index >= 15 is 0 Å². The Morgan fingerprint density at radius 2 is 2.00 bits per heavy atom. The molecule has 1 aromatic carbocycles. The summed E-state index contributed by atoms with van der Waals surface area (Å²) in [6.07, 6.45) is 2.28. The molecular weight excluding hydrogens is 330 g/mol. The molecule has 1 heterocycles. The molecule has 0 saturated heterocycles. The summed E-state index contributed by atoms with van der Waals surface area (Å²) in [7, 11) is -4.07. The van der Waals surface area contributed by atoms with Crippen LogP contribution in [0.4, 0.5) is 5.69 Å². The summed E-state index contributed by atoms with van der Waals surface area (Å²) in [5.41, 5.74) is 2.67. The second kappa shape index (κ2) is 7.63. The molecule has 1 aromatic heterocycles. The Balaban J connectivity index is 2.38. The van der Waals surface area contributed by atoms with Crippen molar-refractivity contribution in [2.24, 2.45) is 0 Å². The van der Waals surface area contributed by atoms with Gasteiger partial charge in [0.05, 0.1) is 17.7 Å². The second-order valence-electron chi connectivity index (χ2n) is 5.51. The van der Waals surface area contributed by atoms with E-state index in [9.17, 15) is 13.2 Å². The first-order valence-corrected chi connectivity index (χ1v) is 9.33. The number of hydrogen-bond acceptors (Lipinski definition) is 4. The minimum Gasteiger partial charge on any atom is -0.459 e. The fraction of sp³-hybridized carbons (Fsp3) is 0.353. The Bertz CT molecular complexity index is 796. The van der Waals surface area contributed by atoms with Gasteiger partial charge in [0.1, 0.15) is 0 Å². The molecule has 0 unspecified atom stereocenters. The van der Waals surface area contributed by atoms with Gasteiger partial charge in [0.25, 0.3) is 16.0 Å². The monoisotopic (exact) mass is 351 g/mol. The lowest BCUT2D eigenvalue weighted by atomic mass is 10.0. The summed E-state index contributed by atoms with van der Waals surface area (Å²) >= 11 is 0. The van der Waals surface area contributed by atoms with E-state index in [-0.39, 0.29) is 24.6 Å². The summed E-state index contributed by atoms with van der Waals surface area (Å²) < 4.78 is 36.1. The Labute approximate surface area is 141 Å². The zero-order chi connectivity index (χ0) is 17.7. The van der Waals surface area contributed by atoms with Crippen molar-refractivity contribution in [2.75, 3.05) is 17.2 Å². The second-order valence-corrected chi connectivity index (χ2v) is 7.08. The quantitative estimate of drug-likeness (QED) is 0.775. The van der Waals surface area contributed by atoms with E-state index in [0.29, 0.717) is 0 Å². The van der Waals surface area contributed by atoms with Crippen molar-refractivity contribution in [3.63, 3.8) is 0 Å². The fourth-order valence-electron chi connectivity index (χ4n) is 2.64. The Morgan fingerprint density at radius 3 is 2.58 bits per heavy atom. The minimum absolute atomic E-state index is 0.128. The lowest BCUT2D eigenvalue weighted by Crippen LogP contribution is -2.34. The predicted octanol–water partition coefficient (Wildman–Crippen LogP) is 3.08. The molecule has 0 atom stereocenters. The number of aryl methyl sites for hydroxylation is 2. The van der Waals surface area contributed by atoms with Gasteiger partial charge in [-0.2, -0.15) is 8.42 Å². The molecule has 2 rings (SSSR count). The van der Waals surface area contributed by atoms with Crippen LogP contribution in [-0.2, 0) is 16.5 Å². The van der Waals surface area contributed by atoms with E-state index in [1.807, 2.05) is 32.0 Å². The molecule has 0 radical (unpaired) electrons. The number of benzene rings is 1. The van der Waals surface area contributed by atoms with Gasteiger partial charge in [-0.25, -0.2) is 0 Å². The highest BCUT2D eigenvalue weighted by Gasteiger charge is 2.23. The van der Waals surface area contributed by atoms with Crippen LogP contribution in [0.15, 0.2) is 41.0 Å². The molecule has 0 bridgehead atoms. The summed E-state index contributed by atoms with van der Waals surface area (Å²) in [6.45, 7) is 4.06. The van der Waals surface area contributed by atoms with Crippen molar-refractivity contribution in [1.82, 2.24) is 0 Å². The van der Waals surface area contributed by atoms with E-state index in [1.54, 1.807) is 12.1 Å². The lowest BCUT2D eigenvalue weighted by molar-refractivity contribution is 0.0960. The van der Waals surface area contributed by atoms with Crippen LogP contribution in [0.1, 0.15) is 35.0 Å². The van der Waals surface area contributed by atoms with Crippen molar-refractivity contribution in [3.05, 3.63) is 53.5 Å². The smallest absolute Gasteiger partial charge is 0.293 e. The molecule has 6 nitrogen and oxygen atoms in total. The SMILES string of the molecule is CCc1cccc(C)c1N(CCCS(=O)(=O)O)C(=O)c1ccco1. The van der Waals surface area contributed by atoms with Crippen LogP contribution >= 0.6 is 0 Å². The average molecular weight is 351 g/mol. The first-order valence-electron chi connectivity index (χ1n) is 7.72. The van der Waals surface area contributed by atoms with E-state index in [4.69, 9.17) is 8.97 Å². The Morgan fingerprint density at radius 1 is 1.25 bits per heavy atom. The van der Waals surface area contributed by atoms with Crippen molar-refractivity contribution < 1.29 is 22.2 Å². The zero-order valence-corrected chi connectivity index (χ0v) is 14.5. The molecule has 0 fully saturated rings. The van der Waals surface area contributed by atoms with E-state index in [0.717, 1.165) is 23.2 Å². The molecule has 0 aliphatic rings. The number of hydrogen-bond donors (Lipinski definition) is 1. The molecule has 0 aliphatic carbocycles. The maximum Gasteiger partial charge on any atom is 0.293 e. The third-order valence-electron chi connectivity index (χ3n) is 3.73. The van der Waals surface area contributed by atoms with Gasteiger partial charge in [-0.1, -0.05) is 25.1 Å². The van der Waals surface area contributed by atoms with Crippen LogP contribution in [0.5, 0.6) is 0 Å². The standard InChI is InChI=1S/C17H21NO5S/c1-3-14-8-4-7-13(2)16(14)18(10-6-12-24(20,21)22)17(19)15-9-5-11-23-15/h4-5,7-9,11H,3,6,10,12H2,1-2H3,(H,20,21,22). The van der Waals surface area contributed by atoms with Gasteiger partial charge in [-0.15, -0.1) is 0 Å². The summed E-state index contributed by atoms with van der Waals surface area (Å²) in [5.74, 6) is -0.547. The van der Waals surface area contributed by atoms with Crippen molar-refractivity contribution in [3.8, 4) is 0 Å². The molecule has 7 heteroatoms. The van der Waals surface area contributed by atoms with E-state index < -0.39 is 15.9 Å². The molecule has 0 saturated carbocycles. The number of para-hydroxylation sites is 1. The van der Waals surface area contributed by atoms with Gasteiger partial charge in [0.15, 0.2) is 5.76 Å². The highest BCUT2D eigenvalue weighted by Crippen LogP contribution is 2.27. The van der Waals surface area contributed by atoms with Gasteiger partial charge >= 0.3 is 0 Å². The van der Waals surface area contributed by atoms with Gasteiger partial charge in [-0.3, -0.25) is 9.35 Å². The summed E-state index contributed by atoms with van der Waals surface area (Å²) in [4.78, 5) is 14.3. The van der Waals surface area contributed by atoms with Crippen LogP contribution in [-0.4, -0.2) is 31.2 Å². The molecule has 130 valence electrons. The van der Waals surface area contributed by atoms with E-state index in [1.165, 1.54) is 11.2 Å². The van der Waals surface area contributed by atoms with Crippen molar-refractivity contribution in [1.29, 1.82) is 0 Å². The van der Waals surface area contributed by atoms with Crippen molar-refractivity contribution >= 4 is 21.7 Å². The average Bonchev–Trinajstić information content (AvgIpc) is 3.04. The molecule has 0 aliphatic heterocycles. The molecular formula is C17H21NO5S. The molecule has 24 heavy (non-hydrogen) atoms. The first-order chi connectivity index (χ1) is 11.3. The minimum atomic E-state index is -4.07. The number of rotatable bonds is 7. The molecule has 1 amide bonds. The van der Waals surface area contributed by atoms with Crippen LogP contribution in [0.25, 0.3) is 0 Å². The number of carbonyl (C=O) groups is 1. The number of nitrogens with zero attached hydrogens (tertiary/aromatic N) is 1. The number of carbonyl (C=O) groups excluding carboxylic acids is 1. The van der Waals surface area contributed by atoms with Crippen molar-refractivity contribution in [2.45, 2.75) is 26.7 Å². The maximum atomic E-state index is 12.8. The van der Waals surface area contributed by atoms with Crippen LogP contribution < -0.4 is 4.90 Å². The van der Waals surface area contributed by atoms with Gasteiger partial charge in [0.2, 0.25) is 0 Å². The number of anilines is 1. The normalized spacial score (nSPS) is 11.5. The van der Waals surface area contributed by atoms with Crippen LogP contribution in [0.3, 0.4) is 0 Å². The summed E-state index contributed by atoms with van der Waals surface area (Å²) in [5, 5.41) is 0. The molecule has 1 N–H and O–H groups in total. The fourth-order valence-corrected chi connectivity index (χ4v) is 3.14. The van der Waals surface area contributed by atoms with Crippen LogP contribution in [0, 0.1) is 6.92 Å². The lowest BCUT2D eigenvalue weighted by Gasteiger charge is -2.26. The molecule has 0 spiro atoms. The number of amides is 1. The highest BCUT2D eigenvalue weighted by atomic mass is 32.2. The van der Waals surface area contributed by atoms with Gasteiger partial charge < -0.3 is 9.32 Å². The summed E-state index contributed by atoms with van der Waals surface area (Å²) in [6, 6.07) is 8.96. The Kier molecular flexibility index (Phi) is 5.80. The largest absolute Gasteiger partial charge is 0.459 e. The molecule has 2 aromatic rings. The topological polar surface area (TPSA) is 87.8 Å². The van der Waals surface area contributed by atoms with Crippen LogP contribution in [0.2, 0.25) is 0 Å². The van der Waals surface area contributed by atoms with Gasteiger partial charge in [-0.05, 0) is 43.0 Å². The zero-order valence-electron chi connectivity index (χ0n) is 13.7. The predicted molar refractivity (Wildman–Crippen MR) is 92.0 cm³/mol. The van der Waals surface area contributed by atoms with E-state index in [2.05, 4.69) is 0 Å². The van der Waals surface area contributed by atoms with Gasteiger partial charge in [0, 0.05) is 6.54 Å². The number of furan rings is 1. The maximum absolute atomic E-state index is 12.8. The third kappa shape index (κ3) is 4.46. The Hall–Kier alpha value is -2.12.